The van der Waals surface area contributed by atoms with E-state index >= 15 is 0 Å². The minimum absolute atomic E-state index is 0.0179. The van der Waals surface area contributed by atoms with E-state index in [0.717, 1.165) is 28.6 Å². The highest BCUT2D eigenvalue weighted by Gasteiger charge is 2.29. The van der Waals surface area contributed by atoms with E-state index < -0.39 is 0 Å². The number of aryl methyl sites for hydroxylation is 1. The molecule has 1 aliphatic heterocycles. The van der Waals surface area contributed by atoms with Crippen LogP contribution < -0.4 is 11.1 Å². The lowest BCUT2D eigenvalue weighted by Crippen LogP contribution is -2.30. The summed E-state index contributed by atoms with van der Waals surface area (Å²) in [4.78, 5) is 12.0. The number of anilines is 1. The maximum absolute atomic E-state index is 12.0. The highest BCUT2D eigenvalue weighted by atomic mass is 79.9. The predicted octanol–water partition coefficient (Wildman–Crippen LogP) is 2.20. The van der Waals surface area contributed by atoms with E-state index in [4.69, 9.17) is 10.5 Å². The van der Waals surface area contributed by atoms with Crippen molar-refractivity contribution >= 4 is 27.5 Å². The van der Waals surface area contributed by atoms with E-state index in [1.165, 1.54) is 0 Å². The van der Waals surface area contributed by atoms with Gasteiger partial charge in [-0.1, -0.05) is 22.0 Å². The van der Waals surface area contributed by atoms with E-state index in [9.17, 15) is 4.79 Å². The summed E-state index contributed by atoms with van der Waals surface area (Å²) in [6.07, 6.45) is 1.23. The van der Waals surface area contributed by atoms with Gasteiger partial charge in [0.15, 0.2) is 0 Å². The summed E-state index contributed by atoms with van der Waals surface area (Å²) in [6.45, 7) is 2.43. The maximum Gasteiger partial charge on any atom is 0.253 e. The molecule has 0 aromatic heterocycles. The molecule has 1 aromatic rings. The summed E-state index contributed by atoms with van der Waals surface area (Å²) in [5.41, 5.74) is 7.37. The highest BCUT2D eigenvalue weighted by Crippen LogP contribution is 2.23. The first-order chi connectivity index (χ1) is 8.60. The lowest BCUT2D eigenvalue weighted by atomic mass is 10.1. The van der Waals surface area contributed by atoms with Gasteiger partial charge >= 0.3 is 0 Å². The van der Waals surface area contributed by atoms with Crippen molar-refractivity contribution in [2.24, 2.45) is 5.73 Å². The number of amides is 1. The van der Waals surface area contributed by atoms with Crippen LogP contribution in [0.5, 0.6) is 0 Å². The van der Waals surface area contributed by atoms with Crippen LogP contribution in [0, 0.1) is 6.92 Å². The van der Waals surface area contributed by atoms with E-state index in [0.29, 0.717) is 6.54 Å². The Labute approximate surface area is 115 Å². The van der Waals surface area contributed by atoms with Crippen molar-refractivity contribution in [3.63, 3.8) is 0 Å². The molecule has 1 aromatic carbocycles. The number of nitrogens with one attached hydrogen (secondary N) is 1. The molecule has 3 N–H and O–H groups in total. The zero-order valence-electron chi connectivity index (χ0n) is 10.3. The Kier molecular flexibility index (Phi) is 4.37. The van der Waals surface area contributed by atoms with Gasteiger partial charge in [0, 0.05) is 16.7 Å². The molecule has 0 bridgehead atoms. The first-order valence-corrected chi connectivity index (χ1v) is 6.82. The van der Waals surface area contributed by atoms with Crippen LogP contribution in [0.15, 0.2) is 22.7 Å². The molecule has 1 aliphatic rings. The molecule has 1 amide bonds. The van der Waals surface area contributed by atoms with Crippen LogP contribution in [0.4, 0.5) is 5.69 Å². The van der Waals surface area contributed by atoms with Crippen LogP contribution >= 0.6 is 15.9 Å². The summed E-state index contributed by atoms with van der Waals surface area (Å²) in [6, 6.07) is 5.79. The molecular weight excluding hydrogens is 296 g/mol. The van der Waals surface area contributed by atoms with Crippen molar-refractivity contribution in [3.8, 4) is 0 Å². The second-order valence-electron chi connectivity index (χ2n) is 4.51. The topological polar surface area (TPSA) is 64.4 Å². The van der Waals surface area contributed by atoms with Crippen LogP contribution in [-0.2, 0) is 9.53 Å². The average Bonchev–Trinajstić information content (AvgIpc) is 2.82. The molecule has 0 radical (unpaired) electrons. The summed E-state index contributed by atoms with van der Waals surface area (Å²) in [7, 11) is 0. The second-order valence-corrected chi connectivity index (χ2v) is 5.42. The lowest BCUT2D eigenvalue weighted by Gasteiger charge is -2.14. The summed E-state index contributed by atoms with van der Waals surface area (Å²) in [5, 5.41) is 2.90. The van der Waals surface area contributed by atoms with Crippen molar-refractivity contribution in [1.29, 1.82) is 0 Å². The fraction of sp³-hybridized carbons (Fsp3) is 0.462. The normalized spacial score (nSPS) is 23.1. The Morgan fingerprint density at radius 3 is 3.00 bits per heavy atom. The van der Waals surface area contributed by atoms with Gasteiger partial charge in [-0.2, -0.15) is 0 Å². The summed E-state index contributed by atoms with van der Waals surface area (Å²) in [5.74, 6) is -0.0906. The second kappa shape index (κ2) is 5.82. The average molecular weight is 313 g/mol. The van der Waals surface area contributed by atoms with Gasteiger partial charge in [0.1, 0.15) is 6.10 Å². The van der Waals surface area contributed by atoms with Gasteiger partial charge in [-0.3, -0.25) is 4.79 Å². The SMILES string of the molecule is Cc1ccc(Br)cc1NC(=O)[C@@H]1CC[C@H](CN)O1. The third kappa shape index (κ3) is 3.10. The smallest absolute Gasteiger partial charge is 0.253 e. The van der Waals surface area contributed by atoms with Gasteiger partial charge in [-0.15, -0.1) is 0 Å². The van der Waals surface area contributed by atoms with Crippen molar-refractivity contribution < 1.29 is 9.53 Å². The number of benzene rings is 1. The number of hydrogen-bond donors (Lipinski definition) is 2. The Morgan fingerprint density at radius 2 is 2.33 bits per heavy atom. The molecule has 0 unspecified atom stereocenters. The minimum Gasteiger partial charge on any atom is -0.364 e. The Balaban J connectivity index is 2.01. The molecule has 4 nitrogen and oxygen atoms in total. The first kappa shape index (κ1) is 13.5. The third-order valence-electron chi connectivity index (χ3n) is 3.12. The quantitative estimate of drug-likeness (QED) is 0.899. The summed E-state index contributed by atoms with van der Waals surface area (Å²) >= 11 is 3.39. The van der Waals surface area contributed by atoms with Gasteiger partial charge < -0.3 is 15.8 Å². The molecule has 5 heteroatoms. The number of rotatable bonds is 3. The van der Waals surface area contributed by atoms with Gasteiger partial charge in [-0.25, -0.2) is 0 Å². The highest BCUT2D eigenvalue weighted by molar-refractivity contribution is 9.10. The van der Waals surface area contributed by atoms with Crippen LogP contribution in [0.2, 0.25) is 0 Å². The standard InChI is InChI=1S/C13H17BrN2O2/c1-8-2-3-9(14)6-11(8)16-13(17)12-5-4-10(7-15)18-12/h2-3,6,10,12H,4-5,7,15H2,1H3,(H,16,17)/t10-,12+/m1/s1. The van der Waals surface area contributed by atoms with Gasteiger partial charge in [0.2, 0.25) is 0 Å². The number of hydrogen-bond acceptors (Lipinski definition) is 3. The van der Waals surface area contributed by atoms with Crippen molar-refractivity contribution in [1.82, 2.24) is 0 Å². The van der Waals surface area contributed by atoms with E-state index in [1.54, 1.807) is 0 Å². The van der Waals surface area contributed by atoms with Crippen molar-refractivity contribution in [2.75, 3.05) is 11.9 Å². The fourth-order valence-electron chi connectivity index (χ4n) is 2.01. The van der Waals surface area contributed by atoms with Crippen molar-refractivity contribution in [3.05, 3.63) is 28.2 Å². The number of ether oxygens (including phenoxy) is 1. The van der Waals surface area contributed by atoms with Gasteiger partial charge in [-0.05, 0) is 37.5 Å². The van der Waals surface area contributed by atoms with Gasteiger partial charge in [0.05, 0.1) is 6.10 Å². The van der Waals surface area contributed by atoms with Crippen molar-refractivity contribution in [2.45, 2.75) is 32.0 Å². The number of nitrogens with two attached hydrogens (primary N) is 1. The molecule has 1 fully saturated rings. The zero-order valence-corrected chi connectivity index (χ0v) is 11.9. The van der Waals surface area contributed by atoms with E-state index in [1.807, 2.05) is 25.1 Å². The molecule has 0 spiro atoms. The molecule has 1 saturated heterocycles. The van der Waals surface area contributed by atoms with Crippen LogP contribution in [0.25, 0.3) is 0 Å². The molecule has 0 saturated carbocycles. The Hall–Kier alpha value is -0.910. The number of carbonyl (C=O) groups is 1. The van der Waals surface area contributed by atoms with Crippen LogP contribution in [0.3, 0.4) is 0 Å². The largest absolute Gasteiger partial charge is 0.364 e. The third-order valence-corrected chi connectivity index (χ3v) is 3.61. The van der Waals surface area contributed by atoms with E-state index in [2.05, 4.69) is 21.2 Å². The molecular formula is C13H17BrN2O2. The Bertz CT molecular complexity index is 451. The predicted molar refractivity (Wildman–Crippen MR) is 74.5 cm³/mol. The minimum atomic E-state index is -0.378. The monoisotopic (exact) mass is 312 g/mol. The Morgan fingerprint density at radius 1 is 1.56 bits per heavy atom. The first-order valence-electron chi connectivity index (χ1n) is 6.02. The molecule has 98 valence electrons. The molecule has 1 heterocycles. The van der Waals surface area contributed by atoms with Crippen LogP contribution in [-0.4, -0.2) is 24.7 Å². The fourth-order valence-corrected chi connectivity index (χ4v) is 2.38. The van der Waals surface area contributed by atoms with E-state index in [-0.39, 0.29) is 18.1 Å². The molecule has 18 heavy (non-hydrogen) atoms. The number of carbonyl (C=O) groups excluding carboxylic acids is 1. The van der Waals surface area contributed by atoms with Gasteiger partial charge in [0.25, 0.3) is 5.91 Å². The molecule has 2 rings (SSSR count). The summed E-state index contributed by atoms with van der Waals surface area (Å²) < 4.78 is 6.51. The molecule has 0 aliphatic carbocycles. The maximum atomic E-state index is 12.0. The number of halogens is 1. The zero-order chi connectivity index (χ0) is 13.1. The van der Waals surface area contributed by atoms with Crippen LogP contribution in [0.1, 0.15) is 18.4 Å². The molecule has 2 atom stereocenters. The lowest BCUT2D eigenvalue weighted by molar-refractivity contribution is -0.126.